The number of amides is 1. The molecule has 0 bridgehead atoms. The predicted octanol–water partition coefficient (Wildman–Crippen LogP) is 2.95. The van der Waals surface area contributed by atoms with E-state index in [-0.39, 0.29) is 11.9 Å². The van der Waals surface area contributed by atoms with Crippen LogP contribution >= 0.6 is 0 Å². The number of fused-ring (bicyclic) bond motifs is 1. The van der Waals surface area contributed by atoms with Gasteiger partial charge in [0.2, 0.25) is 0 Å². The van der Waals surface area contributed by atoms with E-state index >= 15 is 0 Å². The lowest BCUT2D eigenvalue weighted by molar-refractivity contribution is 0.0985. The van der Waals surface area contributed by atoms with Crippen molar-refractivity contribution < 1.29 is 4.79 Å². The molecular formula is C14H17N3O. The summed E-state index contributed by atoms with van der Waals surface area (Å²) in [6, 6.07) is 5.94. The summed E-state index contributed by atoms with van der Waals surface area (Å²) in [7, 11) is 0. The average molecular weight is 243 g/mol. The Hall–Kier alpha value is -1.55. The van der Waals surface area contributed by atoms with Crippen LogP contribution in [-0.2, 0) is 0 Å². The van der Waals surface area contributed by atoms with Crippen molar-refractivity contribution in [3.8, 4) is 0 Å². The van der Waals surface area contributed by atoms with Crippen LogP contribution in [0.15, 0.2) is 28.4 Å². The second kappa shape index (κ2) is 4.61. The highest BCUT2D eigenvalue weighted by Crippen LogP contribution is 2.37. The van der Waals surface area contributed by atoms with Crippen molar-refractivity contribution in [3.05, 3.63) is 34.9 Å². The number of rotatable bonds is 2. The first-order chi connectivity index (χ1) is 8.79. The van der Waals surface area contributed by atoms with Gasteiger partial charge >= 0.3 is 0 Å². The molecule has 2 N–H and O–H groups in total. The maximum absolute atomic E-state index is 11.7. The van der Waals surface area contributed by atoms with Crippen LogP contribution in [0.4, 0.5) is 0 Å². The maximum atomic E-state index is 11.7. The number of nitrogens with two attached hydrogens (primary N) is 1. The second-order valence-electron chi connectivity index (χ2n) is 5.10. The Labute approximate surface area is 106 Å². The molecule has 2 aliphatic rings. The minimum atomic E-state index is -0.243. The molecule has 4 heteroatoms. The monoisotopic (exact) mass is 243 g/mol. The van der Waals surface area contributed by atoms with Gasteiger partial charge in [-0.3, -0.25) is 4.79 Å². The Bertz CT molecular complexity index is 504. The molecule has 0 radical (unpaired) electrons. The van der Waals surface area contributed by atoms with Gasteiger partial charge in [-0.15, -0.1) is 5.11 Å². The molecule has 1 unspecified atom stereocenters. The van der Waals surface area contributed by atoms with Gasteiger partial charge in [-0.05, 0) is 36.0 Å². The van der Waals surface area contributed by atoms with Crippen LogP contribution < -0.4 is 5.73 Å². The smallest absolute Gasteiger partial charge is 0.295 e. The number of hydrogen-bond donors (Lipinski definition) is 1. The van der Waals surface area contributed by atoms with E-state index in [1.54, 1.807) is 0 Å². The van der Waals surface area contributed by atoms with E-state index in [0.29, 0.717) is 18.0 Å². The molecular weight excluding hydrogens is 226 g/mol. The minimum Gasteiger partial charge on any atom is -0.328 e. The van der Waals surface area contributed by atoms with E-state index in [9.17, 15) is 4.79 Å². The van der Waals surface area contributed by atoms with Gasteiger partial charge in [-0.25, -0.2) is 0 Å². The van der Waals surface area contributed by atoms with Gasteiger partial charge in [-0.1, -0.05) is 25.0 Å². The van der Waals surface area contributed by atoms with E-state index in [2.05, 4.69) is 22.4 Å². The quantitative estimate of drug-likeness (QED) is 0.867. The summed E-state index contributed by atoms with van der Waals surface area (Å²) < 4.78 is 0. The summed E-state index contributed by atoms with van der Waals surface area (Å²) in [6.07, 6.45) is 5.12. The van der Waals surface area contributed by atoms with Gasteiger partial charge in [0, 0.05) is 12.1 Å². The maximum Gasteiger partial charge on any atom is 0.295 e. The zero-order chi connectivity index (χ0) is 12.5. The molecule has 3 rings (SSSR count). The topological polar surface area (TPSA) is 67.8 Å². The lowest BCUT2D eigenvalue weighted by Gasteiger charge is -2.19. The van der Waals surface area contributed by atoms with Crippen LogP contribution in [0.2, 0.25) is 0 Å². The number of azo groups is 1. The standard InChI is InChI=1S/C14H17N3O/c15-8-13-12-7-10(9-3-1-2-4-9)5-6-11(12)14(18)17-16-13/h5-7,9,13H,1-4,8,15H2. The predicted molar refractivity (Wildman–Crippen MR) is 68.6 cm³/mol. The molecule has 1 aromatic rings. The van der Waals surface area contributed by atoms with Gasteiger partial charge < -0.3 is 5.73 Å². The van der Waals surface area contributed by atoms with Crippen molar-refractivity contribution in [2.75, 3.05) is 6.54 Å². The highest BCUT2D eigenvalue weighted by Gasteiger charge is 2.25. The molecule has 1 aliphatic carbocycles. The highest BCUT2D eigenvalue weighted by molar-refractivity contribution is 5.97. The first-order valence-corrected chi connectivity index (χ1v) is 6.58. The van der Waals surface area contributed by atoms with Crippen molar-refractivity contribution in [1.29, 1.82) is 0 Å². The van der Waals surface area contributed by atoms with Gasteiger partial charge in [0.05, 0.1) is 0 Å². The highest BCUT2D eigenvalue weighted by atomic mass is 16.1. The van der Waals surface area contributed by atoms with Crippen molar-refractivity contribution in [1.82, 2.24) is 0 Å². The summed E-state index contributed by atoms with van der Waals surface area (Å²) in [5.41, 5.74) is 8.66. The molecule has 4 nitrogen and oxygen atoms in total. The third-order valence-corrected chi connectivity index (χ3v) is 4.00. The zero-order valence-corrected chi connectivity index (χ0v) is 10.3. The molecule has 1 amide bonds. The average Bonchev–Trinajstić information content (AvgIpc) is 2.93. The summed E-state index contributed by atoms with van der Waals surface area (Å²) in [5, 5.41) is 7.65. The molecule has 1 aromatic carbocycles. The molecule has 94 valence electrons. The van der Waals surface area contributed by atoms with E-state index in [1.807, 2.05) is 6.07 Å². The molecule has 1 aliphatic heterocycles. The van der Waals surface area contributed by atoms with Gasteiger partial charge in [-0.2, -0.15) is 5.11 Å². The Kier molecular flexibility index (Phi) is 2.96. The van der Waals surface area contributed by atoms with Crippen molar-refractivity contribution >= 4 is 5.91 Å². The summed E-state index contributed by atoms with van der Waals surface area (Å²) in [4.78, 5) is 11.7. The Morgan fingerprint density at radius 1 is 1.28 bits per heavy atom. The molecule has 1 atom stereocenters. The Balaban J connectivity index is 2.00. The van der Waals surface area contributed by atoms with Crippen LogP contribution in [-0.4, -0.2) is 12.5 Å². The first-order valence-electron chi connectivity index (χ1n) is 6.58. The first kappa shape index (κ1) is 11.5. The van der Waals surface area contributed by atoms with Crippen LogP contribution in [0.3, 0.4) is 0 Å². The van der Waals surface area contributed by atoms with E-state index in [4.69, 9.17) is 5.73 Å². The summed E-state index contributed by atoms with van der Waals surface area (Å²) in [5.74, 6) is 0.398. The fourth-order valence-corrected chi connectivity index (χ4v) is 2.98. The van der Waals surface area contributed by atoms with Crippen LogP contribution in [0.1, 0.15) is 59.1 Å². The molecule has 0 saturated heterocycles. The third kappa shape index (κ3) is 1.86. The number of benzene rings is 1. The largest absolute Gasteiger partial charge is 0.328 e. The van der Waals surface area contributed by atoms with Gasteiger partial charge in [0.25, 0.3) is 5.91 Å². The number of carbonyl (C=O) groups excluding carboxylic acids is 1. The summed E-state index contributed by atoms with van der Waals surface area (Å²) in [6.45, 7) is 0.401. The molecule has 0 spiro atoms. The van der Waals surface area contributed by atoms with Gasteiger partial charge in [0.15, 0.2) is 0 Å². The SMILES string of the molecule is NCC1N=NC(=O)c2ccc(C3CCCC3)cc21. The van der Waals surface area contributed by atoms with E-state index < -0.39 is 0 Å². The second-order valence-corrected chi connectivity index (χ2v) is 5.10. The number of hydrogen-bond acceptors (Lipinski definition) is 3. The van der Waals surface area contributed by atoms with Crippen molar-refractivity contribution in [2.24, 2.45) is 16.0 Å². The molecule has 18 heavy (non-hydrogen) atoms. The zero-order valence-electron chi connectivity index (χ0n) is 10.3. The normalized spacial score (nSPS) is 23.4. The fraction of sp³-hybridized carbons (Fsp3) is 0.500. The fourth-order valence-electron chi connectivity index (χ4n) is 2.98. The summed E-state index contributed by atoms with van der Waals surface area (Å²) >= 11 is 0. The van der Waals surface area contributed by atoms with Crippen molar-refractivity contribution in [3.63, 3.8) is 0 Å². The number of nitrogens with zero attached hydrogens (tertiary/aromatic N) is 2. The third-order valence-electron chi connectivity index (χ3n) is 4.00. The Morgan fingerprint density at radius 3 is 2.78 bits per heavy atom. The lowest BCUT2D eigenvalue weighted by Crippen LogP contribution is -2.17. The lowest BCUT2D eigenvalue weighted by atomic mass is 9.90. The van der Waals surface area contributed by atoms with E-state index in [1.165, 1.54) is 31.2 Å². The van der Waals surface area contributed by atoms with Crippen LogP contribution in [0.5, 0.6) is 0 Å². The van der Waals surface area contributed by atoms with Gasteiger partial charge in [0.1, 0.15) is 6.04 Å². The Morgan fingerprint density at radius 2 is 2.06 bits per heavy atom. The number of carbonyl (C=O) groups is 1. The van der Waals surface area contributed by atoms with Crippen LogP contribution in [0.25, 0.3) is 0 Å². The van der Waals surface area contributed by atoms with Crippen molar-refractivity contribution in [2.45, 2.75) is 37.6 Å². The molecule has 0 aromatic heterocycles. The van der Waals surface area contributed by atoms with Crippen LogP contribution in [0, 0.1) is 0 Å². The molecule has 1 fully saturated rings. The molecule has 1 heterocycles. The van der Waals surface area contributed by atoms with E-state index in [0.717, 1.165) is 5.56 Å². The minimum absolute atomic E-state index is 0.154. The molecule has 1 saturated carbocycles.